The number of fused-ring (bicyclic) bond motifs is 1. The first-order valence-corrected chi connectivity index (χ1v) is 13.6. The lowest BCUT2D eigenvalue weighted by molar-refractivity contribution is 0.00191. The van der Waals surface area contributed by atoms with Gasteiger partial charge in [-0.25, -0.2) is 18.2 Å². The van der Waals surface area contributed by atoms with Crippen LogP contribution in [0.4, 0.5) is 4.79 Å². The molecule has 1 saturated heterocycles. The van der Waals surface area contributed by atoms with Crippen molar-refractivity contribution >= 4 is 27.0 Å². The lowest BCUT2D eigenvalue weighted by Crippen LogP contribution is -2.53. The summed E-state index contributed by atoms with van der Waals surface area (Å²) in [6.45, 7) is 13.8. The van der Waals surface area contributed by atoms with Crippen LogP contribution in [0.3, 0.4) is 0 Å². The monoisotopic (exact) mass is 475 g/mol. The van der Waals surface area contributed by atoms with Gasteiger partial charge in [-0.1, -0.05) is 20.8 Å². The van der Waals surface area contributed by atoms with Crippen molar-refractivity contribution in [2.24, 2.45) is 17.3 Å². The van der Waals surface area contributed by atoms with Crippen LogP contribution >= 0.6 is 0 Å². The highest BCUT2D eigenvalue weighted by Crippen LogP contribution is 2.34. The fourth-order valence-corrected chi connectivity index (χ4v) is 5.87. The van der Waals surface area contributed by atoms with Crippen molar-refractivity contribution in [3.8, 4) is 0 Å². The van der Waals surface area contributed by atoms with Crippen molar-refractivity contribution in [2.75, 3.05) is 18.8 Å². The van der Waals surface area contributed by atoms with E-state index in [1.54, 1.807) is 17.0 Å². The first kappa shape index (κ1) is 24.0. The smallest absolute Gasteiger partial charge is 0.410 e. The Morgan fingerprint density at radius 2 is 1.76 bits per heavy atom. The Morgan fingerprint density at radius 3 is 2.33 bits per heavy atom. The van der Waals surface area contributed by atoms with Crippen LogP contribution < -0.4 is 0 Å². The van der Waals surface area contributed by atoms with E-state index in [1.165, 1.54) is 12.8 Å². The summed E-state index contributed by atoms with van der Waals surface area (Å²) in [6.07, 6.45) is 2.97. The molecule has 2 aliphatic rings. The molecule has 2 aromatic rings. The third kappa shape index (κ3) is 5.89. The molecule has 1 amide bonds. The van der Waals surface area contributed by atoms with Gasteiger partial charge in [-0.3, -0.25) is 0 Å². The largest absolute Gasteiger partial charge is 0.444 e. The number of benzene rings is 1. The SMILES string of the molecule is CC(C)(C)Cc1nc2cc(S(=O)(=O)CC3CN(C(=O)OC(C)(C)C)C3)ccc2n1CC1CC1. The maximum absolute atomic E-state index is 13.1. The maximum Gasteiger partial charge on any atom is 0.410 e. The normalized spacial score (nSPS) is 17.9. The van der Waals surface area contributed by atoms with Crippen molar-refractivity contribution in [3.05, 3.63) is 24.0 Å². The summed E-state index contributed by atoms with van der Waals surface area (Å²) in [5.41, 5.74) is 1.31. The summed E-state index contributed by atoms with van der Waals surface area (Å²) in [4.78, 5) is 18.9. The Hall–Kier alpha value is -2.09. The van der Waals surface area contributed by atoms with Gasteiger partial charge in [0.05, 0.1) is 21.7 Å². The van der Waals surface area contributed by atoms with E-state index in [2.05, 4.69) is 25.3 Å². The number of imidazole rings is 1. The second kappa shape index (κ2) is 8.29. The van der Waals surface area contributed by atoms with Crippen LogP contribution in [0.1, 0.15) is 60.2 Å². The number of hydrogen-bond donors (Lipinski definition) is 0. The summed E-state index contributed by atoms with van der Waals surface area (Å²) in [6, 6.07) is 5.36. The third-order valence-corrected chi connectivity index (χ3v) is 7.93. The number of sulfone groups is 1. The second-order valence-corrected chi connectivity index (χ2v) is 14.0. The molecule has 1 aromatic carbocycles. The molecule has 2 fully saturated rings. The molecule has 0 radical (unpaired) electrons. The van der Waals surface area contributed by atoms with Crippen LogP contribution in [0.2, 0.25) is 0 Å². The van der Waals surface area contributed by atoms with Crippen LogP contribution in [0.15, 0.2) is 23.1 Å². The molecule has 33 heavy (non-hydrogen) atoms. The molecule has 0 bridgehead atoms. The van der Waals surface area contributed by atoms with Gasteiger partial charge in [-0.15, -0.1) is 0 Å². The molecule has 0 unspecified atom stereocenters. The maximum atomic E-state index is 13.1. The van der Waals surface area contributed by atoms with Crippen LogP contribution in [0.5, 0.6) is 0 Å². The van der Waals surface area contributed by atoms with E-state index in [0.717, 1.165) is 29.8 Å². The zero-order valence-corrected chi connectivity index (χ0v) is 21.5. The number of carbonyl (C=O) groups excluding carboxylic acids is 1. The summed E-state index contributed by atoms with van der Waals surface area (Å²) in [5.74, 6) is 1.68. The molecule has 182 valence electrons. The van der Waals surface area contributed by atoms with Crippen LogP contribution in [0.25, 0.3) is 11.0 Å². The second-order valence-electron chi connectivity index (χ2n) is 12.0. The van der Waals surface area contributed by atoms with Crippen molar-refractivity contribution in [2.45, 2.75) is 77.8 Å². The van der Waals surface area contributed by atoms with Gasteiger partial charge in [0, 0.05) is 32.0 Å². The predicted molar refractivity (Wildman–Crippen MR) is 129 cm³/mol. The molecular weight excluding hydrogens is 438 g/mol. The molecule has 0 N–H and O–H groups in total. The summed E-state index contributed by atoms with van der Waals surface area (Å²) >= 11 is 0. The van der Waals surface area contributed by atoms with Gasteiger partial charge in [0.15, 0.2) is 9.84 Å². The Balaban J connectivity index is 1.49. The molecule has 8 heteroatoms. The fraction of sp³-hybridized carbons (Fsp3) is 0.680. The fourth-order valence-electron chi connectivity index (χ4n) is 4.28. The molecule has 1 aromatic heterocycles. The Labute approximate surface area is 197 Å². The van der Waals surface area contributed by atoms with Gasteiger partial charge in [-0.2, -0.15) is 0 Å². The Morgan fingerprint density at radius 1 is 1.09 bits per heavy atom. The van der Waals surface area contributed by atoms with Crippen LogP contribution in [-0.4, -0.2) is 53.4 Å². The topological polar surface area (TPSA) is 81.5 Å². The van der Waals surface area contributed by atoms with Crippen LogP contribution in [0, 0.1) is 17.3 Å². The van der Waals surface area contributed by atoms with Gasteiger partial charge >= 0.3 is 6.09 Å². The number of carbonyl (C=O) groups is 1. The van der Waals surface area contributed by atoms with Gasteiger partial charge in [0.2, 0.25) is 0 Å². The van der Waals surface area contributed by atoms with E-state index in [4.69, 9.17) is 9.72 Å². The number of rotatable bonds is 6. The van der Waals surface area contributed by atoms with E-state index < -0.39 is 15.4 Å². The Kier molecular flexibility index (Phi) is 6.04. The van der Waals surface area contributed by atoms with Crippen molar-refractivity contribution < 1.29 is 17.9 Å². The van der Waals surface area contributed by atoms with Gasteiger partial charge in [0.25, 0.3) is 0 Å². The molecule has 0 atom stereocenters. The molecule has 1 saturated carbocycles. The third-order valence-electron chi connectivity index (χ3n) is 6.05. The van der Waals surface area contributed by atoms with E-state index >= 15 is 0 Å². The van der Waals surface area contributed by atoms with Crippen molar-refractivity contribution in [1.82, 2.24) is 14.5 Å². The number of nitrogens with zero attached hydrogens (tertiary/aromatic N) is 3. The molecule has 7 nitrogen and oxygen atoms in total. The predicted octanol–water partition coefficient (Wildman–Crippen LogP) is 4.68. The molecule has 1 aliphatic heterocycles. The zero-order valence-electron chi connectivity index (χ0n) is 20.7. The van der Waals surface area contributed by atoms with E-state index in [9.17, 15) is 13.2 Å². The summed E-state index contributed by atoms with van der Waals surface area (Å²) < 4.78 is 33.9. The number of hydrogen-bond acceptors (Lipinski definition) is 5. The molecule has 0 spiro atoms. The van der Waals surface area contributed by atoms with E-state index in [0.29, 0.717) is 23.9 Å². The van der Waals surface area contributed by atoms with Crippen LogP contribution in [-0.2, 0) is 27.5 Å². The van der Waals surface area contributed by atoms with Gasteiger partial charge in [-0.05, 0) is 63.1 Å². The van der Waals surface area contributed by atoms with Gasteiger partial charge in [0.1, 0.15) is 11.4 Å². The number of ether oxygens (including phenoxy) is 1. The number of amides is 1. The number of likely N-dealkylation sites (tertiary alicyclic amines) is 1. The summed E-state index contributed by atoms with van der Waals surface area (Å²) in [5, 5.41) is 0. The zero-order chi connectivity index (χ0) is 24.2. The van der Waals surface area contributed by atoms with Crippen molar-refractivity contribution in [1.29, 1.82) is 0 Å². The lowest BCUT2D eigenvalue weighted by Gasteiger charge is -2.39. The average molecular weight is 476 g/mol. The lowest BCUT2D eigenvalue weighted by atomic mass is 9.92. The quantitative estimate of drug-likeness (QED) is 0.606. The first-order valence-electron chi connectivity index (χ1n) is 11.9. The Bertz CT molecular complexity index is 1140. The minimum absolute atomic E-state index is 0.0232. The molecular formula is C25H37N3O4S. The number of aromatic nitrogens is 2. The minimum Gasteiger partial charge on any atom is -0.444 e. The highest BCUT2D eigenvalue weighted by Gasteiger charge is 2.37. The molecule has 2 heterocycles. The highest BCUT2D eigenvalue weighted by atomic mass is 32.2. The molecule has 1 aliphatic carbocycles. The summed E-state index contributed by atoms with van der Waals surface area (Å²) in [7, 11) is -3.47. The van der Waals surface area contributed by atoms with Crippen molar-refractivity contribution in [3.63, 3.8) is 0 Å². The van der Waals surface area contributed by atoms with Gasteiger partial charge < -0.3 is 14.2 Å². The molecule has 4 rings (SSSR count). The average Bonchev–Trinajstić information content (AvgIpc) is 3.37. The minimum atomic E-state index is -3.47. The van der Waals surface area contributed by atoms with E-state index in [1.807, 2.05) is 26.8 Å². The first-order chi connectivity index (χ1) is 15.2. The standard InChI is InChI=1S/C25H37N3O4S/c1-24(2,3)12-22-26-20-11-19(9-10-21(20)28(22)15-17-7-8-17)33(30,31)16-18-13-27(14-18)23(29)32-25(4,5)6/h9-11,17-18H,7-8,12-16H2,1-6H3. The highest BCUT2D eigenvalue weighted by molar-refractivity contribution is 7.91. The van der Waals surface area contributed by atoms with E-state index in [-0.39, 0.29) is 23.2 Å².